The second-order valence-electron chi connectivity index (χ2n) is 7.68. The van der Waals surface area contributed by atoms with Gasteiger partial charge in [-0.25, -0.2) is 0 Å². The highest BCUT2D eigenvalue weighted by Crippen LogP contribution is 2.24. The Balaban J connectivity index is 1.77. The maximum absolute atomic E-state index is 12.2. The van der Waals surface area contributed by atoms with Gasteiger partial charge in [-0.05, 0) is 62.1 Å². The van der Waals surface area contributed by atoms with Crippen molar-refractivity contribution in [2.75, 3.05) is 6.54 Å². The minimum Gasteiger partial charge on any atom is -0.481 e. The van der Waals surface area contributed by atoms with Crippen LogP contribution in [-0.4, -0.2) is 18.6 Å². The topological polar surface area (TPSA) is 38.3 Å². The van der Waals surface area contributed by atoms with Gasteiger partial charge in [-0.1, -0.05) is 44.6 Å². The number of carbonyl (C=O) groups is 1. The van der Waals surface area contributed by atoms with E-state index < -0.39 is 6.10 Å². The van der Waals surface area contributed by atoms with Crippen LogP contribution in [0, 0.1) is 0 Å². The van der Waals surface area contributed by atoms with Crippen LogP contribution in [0.25, 0.3) is 0 Å². The van der Waals surface area contributed by atoms with Gasteiger partial charge in [-0.3, -0.25) is 4.79 Å². The monoisotopic (exact) mass is 329 g/mol. The zero-order valence-electron chi connectivity index (χ0n) is 15.5. The summed E-state index contributed by atoms with van der Waals surface area (Å²) in [5.41, 5.74) is 2.86. The first-order chi connectivity index (χ1) is 11.4. The molecule has 0 radical (unpaired) electrons. The molecule has 1 aliphatic carbocycles. The normalized spacial score (nSPS) is 16.2. The van der Waals surface area contributed by atoms with Gasteiger partial charge in [-0.15, -0.1) is 0 Å². The maximum atomic E-state index is 12.2. The van der Waals surface area contributed by atoms with Crippen LogP contribution >= 0.6 is 0 Å². The Morgan fingerprint density at radius 1 is 1.21 bits per heavy atom. The Labute approximate surface area is 146 Å². The lowest BCUT2D eigenvalue weighted by Gasteiger charge is -2.20. The van der Waals surface area contributed by atoms with Crippen molar-refractivity contribution >= 4 is 5.91 Å². The van der Waals surface area contributed by atoms with E-state index in [0.717, 1.165) is 12.2 Å². The third-order valence-electron chi connectivity index (χ3n) is 4.53. The van der Waals surface area contributed by atoms with Gasteiger partial charge >= 0.3 is 0 Å². The molecule has 24 heavy (non-hydrogen) atoms. The molecule has 3 nitrogen and oxygen atoms in total. The Morgan fingerprint density at radius 2 is 1.92 bits per heavy atom. The van der Waals surface area contributed by atoms with Crippen LogP contribution in [0.5, 0.6) is 5.75 Å². The van der Waals surface area contributed by atoms with Crippen LogP contribution < -0.4 is 10.1 Å². The van der Waals surface area contributed by atoms with Gasteiger partial charge in [0.2, 0.25) is 0 Å². The van der Waals surface area contributed by atoms with Gasteiger partial charge in [0.05, 0.1) is 0 Å². The van der Waals surface area contributed by atoms with Gasteiger partial charge in [0, 0.05) is 6.54 Å². The van der Waals surface area contributed by atoms with Crippen molar-refractivity contribution < 1.29 is 9.53 Å². The lowest BCUT2D eigenvalue weighted by Crippen LogP contribution is -2.37. The van der Waals surface area contributed by atoms with E-state index in [1.807, 2.05) is 12.1 Å². The summed E-state index contributed by atoms with van der Waals surface area (Å²) in [7, 11) is 0. The number of ether oxygens (including phenoxy) is 1. The molecule has 3 heteroatoms. The molecule has 0 aromatic heterocycles. The summed E-state index contributed by atoms with van der Waals surface area (Å²) in [5.74, 6) is 0.687. The van der Waals surface area contributed by atoms with Gasteiger partial charge in [0.1, 0.15) is 5.75 Å². The molecule has 1 aliphatic rings. The fourth-order valence-corrected chi connectivity index (χ4v) is 2.91. The van der Waals surface area contributed by atoms with E-state index in [-0.39, 0.29) is 11.3 Å². The van der Waals surface area contributed by atoms with Crippen LogP contribution in [0.3, 0.4) is 0 Å². The van der Waals surface area contributed by atoms with E-state index >= 15 is 0 Å². The van der Waals surface area contributed by atoms with Crippen molar-refractivity contribution in [2.24, 2.45) is 0 Å². The van der Waals surface area contributed by atoms with Crippen molar-refractivity contribution in [1.82, 2.24) is 5.32 Å². The third kappa shape index (κ3) is 5.70. The van der Waals surface area contributed by atoms with Gasteiger partial charge in [-0.2, -0.15) is 0 Å². The molecule has 0 spiro atoms. The Hall–Kier alpha value is -1.77. The Kier molecular flexibility index (Phi) is 6.47. The molecule has 1 amide bonds. The highest BCUT2D eigenvalue weighted by molar-refractivity contribution is 5.80. The van der Waals surface area contributed by atoms with Crippen LogP contribution in [0.2, 0.25) is 0 Å². The number of hydrogen-bond donors (Lipinski definition) is 1. The molecule has 1 aromatic rings. The SMILES string of the molecule is CC(Oc1ccc(C(C)(C)C)cc1)C(=O)NCCC1=CCCCC1. The van der Waals surface area contributed by atoms with E-state index in [9.17, 15) is 4.79 Å². The highest BCUT2D eigenvalue weighted by atomic mass is 16.5. The molecule has 0 saturated carbocycles. The molecule has 1 unspecified atom stereocenters. The zero-order chi connectivity index (χ0) is 17.6. The van der Waals surface area contributed by atoms with Crippen LogP contribution in [0.1, 0.15) is 65.4 Å². The van der Waals surface area contributed by atoms with Crippen molar-refractivity contribution in [3.8, 4) is 5.75 Å². The molecule has 0 fully saturated rings. The zero-order valence-corrected chi connectivity index (χ0v) is 15.5. The average Bonchev–Trinajstić information content (AvgIpc) is 2.55. The second kappa shape index (κ2) is 8.36. The number of hydrogen-bond acceptors (Lipinski definition) is 2. The number of amides is 1. The van der Waals surface area contributed by atoms with Crippen LogP contribution in [0.15, 0.2) is 35.9 Å². The quantitative estimate of drug-likeness (QED) is 0.764. The van der Waals surface area contributed by atoms with E-state index in [4.69, 9.17) is 4.74 Å². The van der Waals surface area contributed by atoms with E-state index in [1.165, 1.54) is 36.8 Å². The second-order valence-corrected chi connectivity index (χ2v) is 7.68. The molecule has 132 valence electrons. The first-order valence-corrected chi connectivity index (χ1v) is 9.09. The molecular formula is C21H31NO2. The summed E-state index contributed by atoms with van der Waals surface area (Å²) in [5, 5.41) is 2.98. The lowest BCUT2D eigenvalue weighted by molar-refractivity contribution is -0.127. The number of carbonyl (C=O) groups excluding carboxylic acids is 1. The molecule has 1 N–H and O–H groups in total. The lowest BCUT2D eigenvalue weighted by atomic mass is 9.87. The first-order valence-electron chi connectivity index (χ1n) is 9.09. The summed E-state index contributed by atoms with van der Waals surface area (Å²) in [4.78, 5) is 12.2. The average molecular weight is 329 g/mol. The number of rotatable bonds is 6. The van der Waals surface area contributed by atoms with Crippen molar-refractivity contribution in [1.29, 1.82) is 0 Å². The van der Waals surface area contributed by atoms with E-state index in [2.05, 4.69) is 44.3 Å². The fraction of sp³-hybridized carbons (Fsp3) is 0.571. The number of benzene rings is 1. The predicted molar refractivity (Wildman–Crippen MR) is 99.4 cm³/mol. The van der Waals surface area contributed by atoms with Gasteiger partial charge in [0.15, 0.2) is 6.10 Å². The molecule has 2 rings (SSSR count). The largest absolute Gasteiger partial charge is 0.481 e. The van der Waals surface area contributed by atoms with Gasteiger partial charge < -0.3 is 10.1 Å². The smallest absolute Gasteiger partial charge is 0.260 e. The summed E-state index contributed by atoms with van der Waals surface area (Å²) in [6.07, 6.45) is 7.75. The Bertz CT molecular complexity index is 566. The molecule has 1 atom stereocenters. The summed E-state index contributed by atoms with van der Waals surface area (Å²) in [6, 6.07) is 8.01. The van der Waals surface area contributed by atoms with Crippen LogP contribution in [-0.2, 0) is 10.2 Å². The molecular weight excluding hydrogens is 298 g/mol. The minimum atomic E-state index is -0.481. The summed E-state index contributed by atoms with van der Waals surface area (Å²) >= 11 is 0. The van der Waals surface area contributed by atoms with Crippen LogP contribution in [0.4, 0.5) is 0 Å². The summed E-state index contributed by atoms with van der Waals surface area (Å²) in [6.45, 7) is 9.04. The number of nitrogens with one attached hydrogen (secondary N) is 1. The first kappa shape index (κ1) is 18.6. The minimum absolute atomic E-state index is 0.0497. The van der Waals surface area contributed by atoms with Crippen molar-refractivity contribution in [3.63, 3.8) is 0 Å². The third-order valence-corrected chi connectivity index (χ3v) is 4.53. The standard InChI is InChI=1S/C21H31NO2/c1-16(20(23)22-15-14-17-8-6-5-7-9-17)24-19-12-10-18(11-13-19)21(2,3)4/h8,10-13,16H,5-7,9,14-15H2,1-4H3,(H,22,23). The highest BCUT2D eigenvalue weighted by Gasteiger charge is 2.16. The number of allylic oxidation sites excluding steroid dienone is 1. The molecule has 0 heterocycles. The fourth-order valence-electron chi connectivity index (χ4n) is 2.91. The molecule has 1 aromatic carbocycles. The Morgan fingerprint density at radius 3 is 2.50 bits per heavy atom. The van der Waals surface area contributed by atoms with E-state index in [1.54, 1.807) is 6.92 Å². The van der Waals surface area contributed by atoms with Gasteiger partial charge in [0.25, 0.3) is 5.91 Å². The van der Waals surface area contributed by atoms with Crippen molar-refractivity contribution in [3.05, 3.63) is 41.5 Å². The molecule has 0 aliphatic heterocycles. The van der Waals surface area contributed by atoms with E-state index in [0.29, 0.717) is 6.54 Å². The molecule has 0 bridgehead atoms. The van der Waals surface area contributed by atoms with Crippen molar-refractivity contribution in [2.45, 2.75) is 71.3 Å². The molecule has 0 saturated heterocycles. The predicted octanol–water partition coefficient (Wildman–Crippen LogP) is 4.76. The summed E-state index contributed by atoms with van der Waals surface area (Å²) < 4.78 is 5.76. The maximum Gasteiger partial charge on any atom is 0.260 e.